The summed E-state index contributed by atoms with van der Waals surface area (Å²) in [6.07, 6.45) is 8.77. The molecule has 0 aromatic rings. The predicted molar refractivity (Wildman–Crippen MR) is 40.5 cm³/mol. The van der Waals surface area contributed by atoms with Crippen LogP contribution in [-0.2, 0) is 0 Å². The first kappa shape index (κ1) is 5.59. The van der Waals surface area contributed by atoms with Gasteiger partial charge in [-0.05, 0) is 42.9 Å². The normalized spacial score (nSPS) is 54.3. The van der Waals surface area contributed by atoms with E-state index < -0.39 is 0 Å². The van der Waals surface area contributed by atoms with Gasteiger partial charge in [-0.25, -0.2) is 0 Å². The van der Waals surface area contributed by atoms with E-state index in [4.69, 9.17) is 5.73 Å². The molecule has 1 heteroatoms. The van der Waals surface area contributed by atoms with Crippen LogP contribution in [0, 0.1) is 10.8 Å². The van der Waals surface area contributed by atoms with Gasteiger partial charge < -0.3 is 5.73 Å². The Balaban J connectivity index is 1.97. The third-order valence-corrected chi connectivity index (χ3v) is 4.32. The van der Waals surface area contributed by atoms with Crippen LogP contribution in [0.1, 0.15) is 38.5 Å². The highest BCUT2D eigenvalue weighted by molar-refractivity contribution is 5.23. The average Bonchev–Trinajstić information content (AvgIpc) is 2.68. The summed E-state index contributed by atoms with van der Waals surface area (Å²) in [5.41, 5.74) is 7.46. The third-order valence-electron chi connectivity index (χ3n) is 4.32. The predicted octanol–water partition coefficient (Wildman–Crippen LogP) is 1.67. The van der Waals surface area contributed by atoms with E-state index in [1.807, 2.05) is 0 Å². The first-order valence-electron chi connectivity index (χ1n) is 4.55. The first-order chi connectivity index (χ1) is 4.79. The molecule has 3 saturated carbocycles. The van der Waals surface area contributed by atoms with Crippen LogP contribution in [0.2, 0.25) is 0 Å². The van der Waals surface area contributed by atoms with Gasteiger partial charge in [0.2, 0.25) is 0 Å². The lowest BCUT2D eigenvalue weighted by atomic mass is 9.89. The minimum atomic E-state index is 0.595. The molecule has 3 aliphatic carbocycles. The van der Waals surface area contributed by atoms with Gasteiger partial charge in [0.05, 0.1) is 0 Å². The molecular formula is C9H15N. The molecule has 1 nitrogen and oxygen atoms in total. The number of rotatable bonds is 0. The van der Waals surface area contributed by atoms with Crippen molar-refractivity contribution >= 4 is 0 Å². The summed E-state index contributed by atoms with van der Waals surface area (Å²) in [7, 11) is 0. The lowest BCUT2D eigenvalue weighted by Crippen LogP contribution is -2.19. The van der Waals surface area contributed by atoms with Crippen molar-refractivity contribution in [2.24, 2.45) is 16.6 Å². The lowest BCUT2D eigenvalue weighted by Gasteiger charge is -2.16. The molecule has 0 radical (unpaired) electrons. The van der Waals surface area contributed by atoms with Crippen LogP contribution in [-0.4, -0.2) is 6.04 Å². The highest BCUT2D eigenvalue weighted by atomic mass is 14.9. The lowest BCUT2D eigenvalue weighted by molar-refractivity contribution is 0.328. The molecular weight excluding hydrogens is 122 g/mol. The van der Waals surface area contributed by atoms with E-state index in [2.05, 4.69) is 0 Å². The second-order valence-corrected chi connectivity index (χ2v) is 4.60. The van der Waals surface area contributed by atoms with Crippen LogP contribution in [0.15, 0.2) is 0 Å². The molecule has 3 aliphatic rings. The van der Waals surface area contributed by atoms with Crippen molar-refractivity contribution in [2.45, 2.75) is 44.6 Å². The Morgan fingerprint density at radius 2 is 1.80 bits per heavy atom. The van der Waals surface area contributed by atoms with Gasteiger partial charge in [-0.3, -0.25) is 0 Å². The third kappa shape index (κ3) is 0.402. The minimum Gasteiger partial charge on any atom is -0.327 e. The molecule has 0 aromatic carbocycles. The quantitative estimate of drug-likeness (QED) is 0.540. The summed E-state index contributed by atoms with van der Waals surface area (Å²) in [6, 6.07) is 0.595. The molecule has 10 heavy (non-hydrogen) atoms. The Hall–Kier alpha value is -0.0400. The van der Waals surface area contributed by atoms with Crippen LogP contribution in [0.25, 0.3) is 0 Å². The molecule has 2 atom stereocenters. The topological polar surface area (TPSA) is 26.0 Å². The number of hydrogen-bond donors (Lipinski definition) is 1. The van der Waals surface area contributed by atoms with Gasteiger partial charge in [0.15, 0.2) is 0 Å². The Labute approximate surface area is 62.0 Å². The Bertz CT molecular complexity index is 183. The van der Waals surface area contributed by atoms with Gasteiger partial charge in [0.25, 0.3) is 0 Å². The maximum Gasteiger partial charge on any atom is 0.0107 e. The summed E-state index contributed by atoms with van der Waals surface area (Å²) in [5, 5.41) is 0. The molecule has 0 amide bonds. The van der Waals surface area contributed by atoms with Crippen molar-refractivity contribution in [1.29, 1.82) is 0 Å². The summed E-state index contributed by atoms with van der Waals surface area (Å²) >= 11 is 0. The first-order valence-corrected chi connectivity index (χ1v) is 4.55. The maximum absolute atomic E-state index is 5.98. The molecule has 0 saturated heterocycles. The number of hydrogen-bond acceptors (Lipinski definition) is 1. The van der Waals surface area contributed by atoms with Crippen LogP contribution in [0.5, 0.6) is 0 Å². The largest absolute Gasteiger partial charge is 0.327 e. The fraction of sp³-hybridized carbons (Fsp3) is 1.00. The van der Waals surface area contributed by atoms with Crippen LogP contribution < -0.4 is 5.73 Å². The fourth-order valence-electron chi connectivity index (χ4n) is 3.39. The van der Waals surface area contributed by atoms with Crippen LogP contribution in [0.3, 0.4) is 0 Å². The molecule has 2 N–H and O–H groups in total. The van der Waals surface area contributed by atoms with E-state index in [0.29, 0.717) is 11.5 Å². The summed E-state index contributed by atoms with van der Waals surface area (Å²) in [4.78, 5) is 0. The number of nitrogens with two attached hydrogens (primary N) is 1. The molecule has 0 heterocycles. The molecule has 0 aromatic heterocycles. The molecule has 56 valence electrons. The van der Waals surface area contributed by atoms with Crippen molar-refractivity contribution in [3.63, 3.8) is 0 Å². The SMILES string of the molecule is NC1CC12CCCC21CC1. The van der Waals surface area contributed by atoms with Crippen molar-refractivity contribution in [1.82, 2.24) is 0 Å². The summed E-state index contributed by atoms with van der Waals surface area (Å²) in [5.74, 6) is 0. The van der Waals surface area contributed by atoms with E-state index in [1.54, 1.807) is 0 Å². The van der Waals surface area contributed by atoms with E-state index in [-0.39, 0.29) is 0 Å². The van der Waals surface area contributed by atoms with Gasteiger partial charge in [-0.15, -0.1) is 0 Å². The molecule has 0 bridgehead atoms. The summed E-state index contributed by atoms with van der Waals surface area (Å²) in [6.45, 7) is 0. The van der Waals surface area contributed by atoms with E-state index in [1.165, 1.54) is 38.5 Å². The van der Waals surface area contributed by atoms with Gasteiger partial charge in [0, 0.05) is 6.04 Å². The second-order valence-electron chi connectivity index (χ2n) is 4.60. The second kappa shape index (κ2) is 1.29. The smallest absolute Gasteiger partial charge is 0.0107 e. The standard InChI is InChI=1S/C9H15N/c10-7-6-9(7)3-1-2-8(9)4-5-8/h7H,1-6,10H2. The van der Waals surface area contributed by atoms with Crippen molar-refractivity contribution in [3.8, 4) is 0 Å². The van der Waals surface area contributed by atoms with Gasteiger partial charge in [-0.1, -0.05) is 6.42 Å². The highest BCUT2D eigenvalue weighted by Crippen LogP contribution is 2.77. The van der Waals surface area contributed by atoms with E-state index in [0.717, 1.165) is 5.41 Å². The Kier molecular flexibility index (Phi) is 0.722. The Morgan fingerprint density at radius 1 is 1.10 bits per heavy atom. The van der Waals surface area contributed by atoms with E-state index in [9.17, 15) is 0 Å². The molecule has 0 aliphatic heterocycles. The van der Waals surface area contributed by atoms with E-state index >= 15 is 0 Å². The van der Waals surface area contributed by atoms with Crippen LogP contribution in [0.4, 0.5) is 0 Å². The Morgan fingerprint density at radius 3 is 2.20 bits per heavy atom. The zero-order chi connectivity index (χ0) is 6.82. The summed E-state index contributed by atoms with van der Waals surface area (Å²) < 4.78 is 0. The zero-order valence-electron chi connectivity index (χ0n) is 6.40. The van der Waals surface area contributed by atoms with Gasteiger partial charge in [0.1, 0.15) is 0 Å². The zero-order valence-corrected chi connectivity index (χ0v) is 6.40. The molecule has 3 rings (SSSR count). The monoisotopic (exact) mass is 137 g/mol. The minimum absolute atomic E-state index is 0.595. The van der Waals surface area contributed by atoms with Crippen LogP contribution >= 0.6 is 0 Å². The molecule has 2 spiro atoms. The van der Waals surface area contributed by atoms with Gasteiger partial charge >= 0.3 is 0 Å². The average molecular weight is 137 g/mol. The van der Waals surface area contributed by atoms with Crippen molar-refractivity contribution in [3.05, 3.63) is 0 Å². The van der Waals surface area contributed by atoms with Crippen molar-refractivity contribution < 1.29 is 0 Å². The maximum atomic E-state index is 5.98. The molecule has 3 fully saturated rings. The van der Waals surface area contributed by atoms with Crippen molar-refractivity contribution in [2.75, 3.05) is 0 Å². The van der Waals surface area contributed by atoms with Gasteiger partial charge in [-0.2, -0.15) is 0 Å². The molecule has 2 unspecified atom stereocenters. The fourth-order valence-corrected chi connectivity index (χ4v) is 3.39. The highest BCUT2D eigenvalue weighted by Gasteiger charge is 2.71. The number of fused-ring (bicyclic) bond motifs is 1.